The van der Waals surface area contributed by atoms with E-state index in [1.165, 1.54) is 27.2 Å². The first-order valence-electron chi connectivity index (χ1n) is 8.75. The summed E-state index contributed by atoms with van der Waals surface area (Å²) in [6, 6.07) is 18.0. The van der Waals surface area contributed by atoms with Crippen molar-refractivity contribution >= 4 is 28.3 Å². The highest BCUT2D eigenvalue weighted by Gasteiger charge is 2.20. The topological polar surface area (TPSA) is 73.9 Å². The van der Waals surface area contributed by atoms with E-state index in [2.05, 4.69) is 5.32 Å². The van der Waals surface area contributed by atoms with Gasteiger partial charge in [0.2, 0.25) is 0 Å². The number of methoxy groups -OCH3 is 2. The second kappa shape index (κ2) is 8.43. The summed E-state index contributed by atoms with van der Waals surface area (Å²) >= 11 is 0. The zero-order valence-corrected chi connectivity index (χ0v) is 15.9. The fraction of sp³-hybridized carbons (Fsp3) is 0.182. The molecule has 0 heterocycles. The van der Waals surface area contributed by atoms with Gasteiger partial charge in [-0.25, -0.2) is 4.79 Å². The normalized spacial score (nSPS) is 11.5. The fourth-order valence-corrected chi connectivity index (χ4v) is 2.81. The van der Waals surface area contributed by atoms with E-state index in [1.807, 2.05) is 42.5 Å². The fourth-order valence-electron chi connectivity index (χ4n) is 2.81. The number of amides is 1. The van der Waals surface area contributed by atoms with Crippen LogP contribution in [0, 0.1) is 0 Å². The molecule has 0 radical (unpaired) electrons. The minimum atomic E-state index is -0.973. The summed E-state index contributed by atoms with van der Waals surface area (Å²) in [4.78, 5) is 24.9. The van der Waals surface area contributed by atoms with Gasteiger partial charge in [0.15, 0.2) is 17.6 Å². The number of anilines is 1. The number of rotatable bonds is 6. The molecule has 144 valence electrons. The summed E-state index contributed by atoms with van der Waals surface area (Å²) < 4.78 is 15.6. The number of benzene rings is 3. The molecule has 0 aromatic heterocycles. The zero-order valence-electron chi connectivity index (χ0n) is 15.9. The Hall–Kier alpha value is -3.54. The van der Waals surface area contributed by atoms with Crippen LogP contribution in [0.5, 0.6) is 11.5 Å². The van der Waals surface area contributed by atoms with Crippen LogP contribution < -0.4 is 14.8 Å². The van der Waals surface area contributed by atoms with E-state index in [-0.39, 0.29) is 5.56 Å². The van der Waals surface area contributed by atoms with Crippen LogP contribution >= 0.6 is 0 Å². The van der Waals surface area contributed by atoms with Gasteiger partial charge in [-0.2, -0.15) is 0 Å². The molecule has 0 aliphatic heterocycles. The third kappa shape index (κ3) is 4.06. The Morgan fingerprint density at radius 2 is 1.61 bits per heavy atom. The first kappa shape index (κ1) is 19.2. The van der Waals surface area contributed by atoms with Crippen LogP contribution in [0.3, 0.4) is 0 Å². The lowest BCUT2D eigenvalue weighted by molar-refractivity contribution is -0.123. The van der Waals surface area contributed by atoms with Crippen molar-refractivity contribution in [1.82, 2.24) is 0 Å². The Morgan fingerprint density at radius 3 is 2.36 bits per heavy atom. The van der Waals surface area contributed by atoms with Crippen molar-refractivity contribution in [3.8, 4) is 11.5 Å². The molecule has 6 nitrogen and oxygen atoms in total. The van der Waals surface area contributed by atoms with Crippen molar-refractivity contribution in [2.75, 3.05) is 19.5 Å². The Labute approximate surface area is 163 Å². The maximum atomic E-state index is 12.5. The zero-order chi connectivity index (χ0) is 20.1. The molecular formula is C22H21NO5. The van der Waals surface area contributed by atoms with Gasteiger partial charge in [0.25, 0.3) is 5.91 Å². The van der Waals surface area contributed by atoms with Crippen LogP contribution in [0.1, 0.15) is 17.3 Å². The maximum absolute atomic E-state index is 12.5. The first-order chi connectivity index (χ1) is 13.5. The number of fused-ring (bicyclic) bond motifs is 1. The lowest BCUT2D eigenvalue weighted by Crippen LogP contribution is -2.30. The van der Waals surface area contributed by atoms with E-state index in [9.17, 15) is 9.59 Å². The molecule has 0 fully saturated rings. The quantitative estimate of drug-likeness (QED) is 0.654. The standard InChI is InChI=1S/C22H21NO5/c1-14(28-22(25)16-11-12-19(26-2)20(13-16)27-3)21(24)23-18-10-6-8-15-7-4-5-9-17(15)18/h4-14H,1-3H3,(H,23,24)/t14-/m0/s1. The van der Waals surface area contributed by atoms with Gasteiger partial charge in [0.1, 0.15) is 0 Å². The predicted molar refractivity (Wildman–Crippen MR) is 107 cm³/mol. The molecule has 1 atom stereocenters. The van der Waals surface area contributed by atoms with E-state index in [0.717, 1.165) is 10.8 Å². The molecule has 3 aromatic carbocycles. The van der Waals surface area contributed by atoms with Gasteiger partial charge in [-0.1, -0.05) is 36.4 Å². The van der Waals surface area contributed by atoms with Crippen molar-refractivity contribution in [2.45, 2.75) is 13.0 Å². The summed E-state index contributed by atoms with van der Waals surface area (Å²) in [6.45, 7) is 1.53. The van der Waals surface area contributed by atoms with Crippen molar-refractivity contribution in [1.29, 1.82) is 0 Å². The number of carbonyl (C=O) groups is 2. The Bertz CT molecular complexity index is 1010. The molecule has 1 N–H and O–H groups in total. The Morgan fingerprint density at radius 1 is 0.893 bits per heavy atom. The average Bonchev–Trinajstić information content (AvgIpc) is 2.73. The molecule has 0 saturated heterocycles. The van der Waals surface area contributed by atoms with Gasteiger partial charge in [-0.3, -0.25) is 4.79 Å². The van der Waals surface area contributed by atoms with E-state index in [1.54, 1.807) is 12.1 Å². The van der Waals surface area contributed by atoms with Gasteiger partial charge in [-0.05, 0) is 36.6 Å². The molecule has 0 aliphatic carbocycles. The van der Waals surface area contributed by atoms with Crippen LogP contribution in [-0.4, -0.2) is 32.2 Å². The van der Waals surface area contributed by atoms with Crippen molar-refractivity contribution in [3.05, 3.63) is 66.2 Å². The second-order valence-corrected chi connectivity index (χ2v) is 6.13. The van der Waals surface area contributed by atoms with Gasteiger partial charge in [0.05, 0.1) is 19.8 Å². The van der Waals surface area contributed by atoms with Gasteiger partial charge in [0, 0.05) is 11.1 Å². The third-order valence-electron chi connectivity index (χ3n) is 4.32. The lowest BCUT2D eigenvalue weighted by Gasteiger charge is -2.15. The average molecular weight is 379 g/mol. The van der Waals surface area contributed by atoms with E-state index in [0.29, 0.717) is 17.2 Å². The Balaban J connectivity index is 1.71. The van der Waals surface area contributed by atoms with Crippen molar-refractivity contribution < 1.29 is 23.8 Å². The summed E-state index contributed by atoms with van der Waals surface area (Å²) in [7, 11) is 2.99. The SMILES string of the molecule is COc1ccc(C(=O)O[C@@H](C)C(=O)Nc2cccc3ccccc23)cc1OC. The number of ether oxygens (including phenoxy) is 3. The second-order valence-electron chi connectivity index (χ2n) is 6.13. The first-order valence-corrected chi connectivity index (χ1v) is 8.75. The van der Waals surface area contributed by atoms with E-state index >= 15 is 0 Å². The molecule has 0 spiro atoms. The summed E-state index contributed by atoms with van der Waals surface area (Å²) in [5, 5.41) is 4.74. The minimum Gasteiger partial charge on any atom is -0.493 e. The van der Waals surface area contributed by atoms with Crippen LogP contribution in [0.25, 0.3) is 10.8 Å². The van der Waals surface area contributed by atoms with Crippen molar-refractivity contribution in [3.63, 3.8) is 0 Å². The largest absolute Gasteiger partial charge is 0.493 e. The number of hydrogen-bond donors (Lipinski definition) is 1. The highest BCUT2D eigenvalue weighted by molar-refractivity contribution is 6.04. The molecule has 3 aromatic rings. The highest BCUT2D eigenvalue weighted by atomic mass is 16.5. The molecule has 0 bridgehead atoms. The highest BCUT2D eigenvalue weighted by Crippen LogP contribution is 2.28. The van der Waals surface area contributed by atoms with Gasteiger partial charge >= 0.3 is 5.97 Å². The van der Waals surface area contributed by atoms with Gasteiger partial charge < -0.3 is 19.5 Å². The van der Waals surface area contributed by atoms with Crippen LogP contribution in [-0.2, 0) is 9.53 Å². The maximum Gasteiger partial charge on any atom is 0.339 e. The summed E-state index contributed by atoms with van der Waals surface area (Å²) in [5.74, 6) is -0.127. The van der Waals surface area contributed by atoms with Crippen LogP contribution in [0.4, 0.5) is 5.69 Å². The Kier molecular flexibility index (Phi) is 5.79. The molecule has 0 unspecified atom stereocenters. The minimum absolute atomic E-state index is 0.266. The number of nitrogens with one attached hydrogen (secondary N) is 1. The molecule has 0 aliphatic rings. The third-order valence-corrected chi connectivity index (χ3v) is 4.32. The summed E-state index contributed by atoms with van der Waals surface area (Å²) in [6.07, 6.45) is -0.973. The number of esters is 1. The number of hydrogen-bond acceptors (Lipinski definition) is 5. The van der Waals surface area contributed by atoms with E-state index < -0.39 is 18.0 Å². The number of carbonyl (C=O) groups excluding carboxylic acids is 2. The van der Waals surface area contributed by atoms with E-state index in [4.69, 9.17) is 14.2 Å². The smallest absolute Gasteiger partial charge is 0.339 e. The molecule has 28 heavy (non-hydrogen) atoms. The van der Waals surface area contributed by atoms with Crippen LogP contribution in [0.15, 0.2) is 60.7 Å². The van der Waals surface area contributed by atoms with Gasteiger partial charge in [-0.15, -0.1) is 0 Å². The predicted octanol–water partition coefficient (Wildman–Crippen LogP) is 4.04. The van der Waals surface area contributed by atoms with Crippen molar-refractivity contribution in [2.24, 2.45) is 0 Å². The summed E-state index contributed by atoms with van der Waals surface area (Å²) in [5.41, 5.74) is 0.930. The lowest BCUT2D eigenvalue weighted by atomic mass is 10.1. The molecule has 6 heteroatoms. The molecule has 1 amide bonds. The molecule has 3 rings (SSSR count). The molecule has 0 saturated carbocycles. The monoisotopic (exact) mass is 379 g/mol. The van der Waals surface area contributed by atoms with Crippen LogP contribution in [0.2, 0.25) is 0 Å². The molecular weight excluding hydrogens is 358 g/mol.